The van der Waals surface area contributed by atoms with E-state index in [1.807, 2.05) is 0 Å². The lowest BCUT2D eigenvalue weighted by Gasteiger charge is -2.16. The third-order valence-electron chi connectivity index (χ3n) is 2.85. The van der Waals surface area contributed by atoms with Gasteiger partial charge in [0, 0.05) is 24.1 Å². The average molecular weight is 241 g/mol. The molecule has 1 aromatic rings. The summed E-state index contributed by atoms with van der Waals surface area (Å²) in [6.45, 7) is 5.49. The molecule has 0 fully saturated rings. The van der Waals surface area contributed by atoms with Crippen LogP contribution < -0.4 is 0 Å². The van der Waals surface area contributed by atoms with Crippen molar-refractivity contribution in [3.05, 3.63) is 59.5 Å². The van der Waals surface area contributed by atoms with Gasteiger partial charge in [-0.05, 0) is 6.92 Å². The minimum absolute atomic E-state index is 0.104. The smallest absolute Gasteiger partial charge is 0.235 e. The first-order valence-electron chi connectivity index (χ1n) is 5.61. The molecule has 1 N–H and O–H groups in total. The minimum atomic E-state index is -0.635. The third kappa shape index (κ3) is 1.95. The Labute approximate surface area is 105 Å². The van der Waals surface area contributed by atoms with E-state index in [1.54, 1.807) is 37.6 Å². The molecule has 1 aliphatic carbocycles. The summed E-state index contributed by atoms with van der Waals surface area (Å²) >= 11 is 0. The number of carbonyl (C=O) groups excluding carboxylic acids is 2. The van der Waals surface area contributed by atoms with Gasteiger partial charge in [0.25, 0.3) is 0 Å². The fourth-order valence-electron chi connectivity index (χ4n) is 1.88. The van der Waals surface area contributed by atoms with Crippen LogP contribution in [0.1, 0.15) is 29.3 Å². The topological polar surface area (TPSA) is 54.4 Å². The monoisotopic (exact) mass is 241 g/mol. The van der Waals surface area contributed by atoms with E-state index in [-0.39, 0.29) is 23.3 Å². The highest BCUT2D eigenvalue weighted by Gasteiger charge is 2.33. The number of carbonyl (C=O) groups is 2. The molecule has 90 valence electrons. The molecule has 0 bridgehead atoms. The molecule has 0 saturated heterocycles. The van der Waals surface area contributed by atoms with Gasteiger partial charge in [-0.2, -0.15) is 0 Å². The summed E-state index contributed by atoms with van der Waals surface area (Å²) in [6, 6.07) is 6.57. The predicted octanol–water partition coefficient (Wildman–Crippen LogP) is 2.89. The van der Waals surface area contributed by atoms with Gasteiger partial charge in [-0.25, -0.2) is 0 Å². The Morgan fingerprint density at radius 3 is 2.44 bits per heavy atom. The molecule has 0 aliphatic heterocycles. The number of allylic oxidation sites excluding steroid dienone is 2. The molecule has 18 heavy (non-hydrogen) atoms. The molecule has 0 radical (unpaired) electrons. The zero-order valence-electron chi connectivity index (χ0n) is 10.1. The van der Waals surface area contributed by atoms with E-state index >= 15 is 0 Å². The highest BCUT2D eigenvalue weighted by Crippen LogP contribution is 2.30. The number of rotatable bonds is 3. The summed E-state index contributed by atoms with van der Waals surface area (Å²) in [5.74, 6) is -1.30. The second-order valence-electron chi connectivity index (χ2n) is 4.29. The fourth-order valence-corrected chi connectivity index (χ4v) is 1.88. The van der Waals surface area contributed by atoms with Gasteiger partial charge in [0.15, 0.2) is 0 Å². The van der Waals surface area contributed by atoms with Gasteiger partial charge in [0.2, 0.25) is 11.6 Å². The van der Waals surface area contributed by atoms with Crippen LogP contribution in [0.3, 0.4) is 0 Å². The third-order valence-corrected chi connectivity index (χ3v) is 2.85. The number of aliphatic hydroxyl groups is 1. The van der Waals surface area contributed by atoms with Crippen LogP contribution in [-0.2, 0) is 4.79 Å². The Kier molecular flexibility index (Phi) is 3.06. The summed E-state index contributed by atoms with van der Waals surface area (Å²) < 4.78 is 0. The molecule has 0 saturated carbocycles. The summed E-state index contributed by atoms with van der Waals surface area (Å²) in [7, 11) is 0. The van der Waals surface area contributed by atoms with E-state index < -0.39 is 11.6 Å². The maximum absolute atomic E-state index is 11.9. The number of hydrogen-bond donors (Lipinski definition) is 1. The zero-order chi connectivity index (χ0) is 13.3. The molecule has 2 rings (SSSR count). The first kappa shape index (κ1) is 12.2. The molecule has 0 atom stereocenters. The second-order valence-corrected chi connectivity index (χ2v) is 4.29. The molecule has 0 aromatic heterocycles. The Morgan fingerprint density at radius 2 is 1.83 bits per heavy atom. The number of fused-ring (bicyclic) bond motifs is 1. The van der Waals surface area contributed by atoms with Gasteiger partial charge >= 0.3 is 0 Å². The second kappa shape index (κ2) is 4.53. The molecular formula is C15H13O3+. The van der Waals surface area contributed by atoms with E-state index in [2.05, 4.69) is 6.58 Å². The lowest BCUT2D eigenvalue weighted by atomic mass is 9.86. The molecule has 1 aromatic carbocycles. The van der Waals surface area contributed by atoms with Crippen LogP contribution in [0.2, 0.25) is 0 Å². The molecule has 3 heteroatoms. The normalized spacial score (nSPS) is 14.5. The van der Waals surface area contributed by atoms with E-state index in [0.717, 1.165) is 5.57 Å². The van der Waals surface area contributed by atoms with Crippen molar-refractivity contribution >= 4 is 17.3 Å². The first-order chi connectivity index (χ1) is 8.52. The zero-order valence-corrected chi connectivity index (χ0v) is 10.1. The molecule has 3 nitrogen and oxygen atoms in total. The fraction of sp³-hybridized carbons (Fsp3) is 0.133. The number of Topliss-reactive ketones (excluding diaryl/α,β-unsaturated/α-hetero) is 2. The van der Waals surface area contributed by atoms with Crippen molar-refractivity contribution in [2.75, 3.05) is 0 Å². The maximum atomic E-state index is 11.9. The Hall–Kier alpha value is -2.29. The van der Waals surface area contributed by atoms with Crippen LogP contribution in [0.25, 0.3) is 5.76 Å². The largest absolute Gasteiger partial charge is 0.507 e. The lowest BCUT2D eigenvalue weighted by molar-refractivity contribution is -0.112. The van der Waals surface area contributed by atoms with Crippen molar-refractivity contribution in [3.63, 3.8) is 0 Å². The van der Waals surface area contributed by atoms with E-state index in [4.69, 9.17) is 0 Å². The average Bonchev–Trinajstić information content (AvgIpc) is 2.36. The number of benzene rings is 1. The first-order valence-corrected chi connectivity index (χ1v) is 5.61. The van der Waals surface area contributed by atoms with Crippen LogP contribution in [0.5, 0.6) is 0 Å². The van der Waals surface area contributed by atoms with Crippen molar-refractivity contribution in [3.8, 4) is 0 Å². The highest BCUT2D eigenvalue weighted by atomic mass is 16.3. The van der Waals surface area contributed by atoms with Gasteiger partial charge in [0.05, 0.1) is 17.6 Å². The number of aliphatic hydroxyl groups excluding tert-OH is 1. The quantitative estimate of drug-likeness (QED) is 0.654. The summed E-state index contributed by atoms with van der Waals surface area (Å²) in [4.78, 5) is 23.8. The standard InChI is InChI=1S/C15H12O3/c1-9(2)7-8-12-13(16)10-5-3-4-6-11(10)14(17)15(12)18/h3-7H,1,8H2,2H3/p+1. The van der Waals surface area contributed by atoms with Crippen molar-refractivity contribution < 1.29 is 14.7 Å². The van der Waals surface area contributed by atoms with Crippen molar-refractivity contribution in [2.45, 2.75) is 13.3 Å². The molecule has 1 aliphatic rings. The van der Waals surface area contributed by atoms with Crippen LogP contribution in [0.4, 0.5) is 0 Å². The molecule has 0 unspecified atom stereocenters. The summed E-state index contributed by atoms with van der Waals surface area (Å²) in [5, 5.41) is 10.1. The highest BCUT2D eigenvalue weighted by molar-refractivity contribution is 6.52. The van der Waals surface area contributed by atoms with Crippen LogP contribution in [0.15, 0.2) is 42.0 Å². The molecule has 0 heterocycles. The molecular weight excluding hydrogens is 228 g/mol. The summed E-state index contributed by atoms with van der Waals surface area (Å²) in [5.41, 5.74) is 1.61. The Balaban J connectivity index is 2.48. The van der Waals surface area contributed by atoms with Crippen LogP contribution in [0, 0.1) is 6.42 Å². The van der Waals surface area contributed by atoms with Gasteiger partial charge in [-0.3, -0.25) is 9.59 Å². The number of hydrogen-bond acceptors (Lipinski definition) is 3. The van der Waals surface area contributed by atoms with Crippen molar-refractivity contribution in [1.82, 2.24) is 0 Å². The lowest BCUT2D eigenvalue weighted by Crippen LogP contribution is -2.24. The van der Waals surface area contributed by atoms with Gasteiger partial charge in [-0.1, -0.05) is 24.3 Å². The van der Waals surface area contributed by atoms with Crippen molar-refractivity contribution in [2.24, 2.45) is 0 Å². The van der Waals surface area contributed by atoms with Crippen LogP contribution in [-0.4, -0.2) is 16.7 Å². The summed E-state index contributed by atoms with van der Waals surface area (Å²) in [6.07, 6.45) is 1.94. The van der Waals surface area contributed by atoms with Gasteiger partial charge in [0.1, 0.15) is 5.76 Å². The van der Waals surface area contributed by atoms with Crippen LogP contribution >= 0.6 is 0 Å². The molecule has 0 spiro atoms. The maximum Gasteiger partial charge on any atom is 0.235 e. The Bertz CT molecular complexity index is 579. The van der Waals surface area contributed by atoms with E-state index in [1.165, 1.54) is 0 Å². The molecule has 0 amide bonds. The predicted molar refractivity (Wildman–Crippen MR) is 69.1 cm³/mol. The van der Waals surface area contributed by atoms with Crippen molar-refractivity contribution in [1.29, 1.82) is 0 Å². The van der Waals surface area contributed by atoms with Gasteiger partial charge < -0.3 is 5.11 Å². The minimum Gasteiger partial charge on any atom is -0.507 e. The number of ketones is 2. The van der Waals surface area contributed by atoms with Gasteiger partial charge in [-0.15, -0.1) is 0 Å². The SMILES string of the molecule is C=C(C)[CH+]CC1=C(O)c2ccccc2C(=O)C1=O. The van der Waals surface area contributed by atoms with E-state index in [0.29, 0.717) is 5.56 Å². The van der Waals surface area contributed by atoms with E-state index in [9.17, 15) is 14.7 Å². The Morgan fingerprint density at radius 1 is 1.22 bits per heavy atom.